The number of hydrogen-bond donors (Lipinski definition) is 3. The average Bonchev–Trinajstić information content (AvgIpc) is 2.81. The van der Waals surface area contributed by atoms with Crippen LogP contribution in [0.25, 0.3) is 0 Å². The van der Waals surface area contributed by atoms with Crippen LogP contribution in [0.15, 0.2) is 0 Å². The molecule has 0 aromatic carbocycles. The van der Waals surface area contributed by atoms with Crippen molar-refractivity contribution in [2.24, 2.45) is 0 Å². The summed E-state index contributed by atoms with van der Waals surface area (Å²) in [7, 11) is 1.16. The fourth-order valence-electron chi connectivity index (χ4n) is 2.34. The van der Waals surface area contributed by atoms with Crippen molar-refractivity contribution in [1.29, 1.82) is 0 Å². The molecule has 3 amide bonds. The Hall–Kier alpha value is -2.92. The first-order chi connectivity index (χ1) is 17.1. The summed E-state index contributed by atoms with van der Waals surface area (Å²) >= 11 is 0. The third kappa shape index (κ3) is 20.5. The van der Waals surface area contributed by atoms with Crippen LogP contribution in [0.3, 0.4) is 0 Å². The van der Waals surface area contributed by atoms with E-state index in [0.717, 1.165) is 7.11 Å². The van der Waals surface area contributed by atoms with Gasteiger partial charge in [-0.3, -0.25) is 20.4 Å². The van der Waals surface area contributed by atoms with Crippen LogP contribution < -0.4 is 16.2 Å². The van der Waals surface area contributed by atoms with Crippen LogP contribution in [-0.2, 0) is 42.8 Å². The molecule has 0 unspecified atom stereocenters. The molecule has 0 saturated heterocycles. The Labute approximate surface area is 212 Å². The predicted octanol–water partition coefficient (Wildman–Crippen LogP) is 0.0700. The lowest BCUT2D eigenvalue weighted by Crippen LogP contribution is -2.46. The monoisotopic (exact) mass is 517 g/mol. The van der Waals surface area contributed by atoms with E-state index < -0.39 is 35.5 Å². The molecule has 0 heterocycles. The summed E-state index contributed by atoms with van der Waals surface area (Å²) in [5, 5.41) is 2.36. The second-order valence-corrected chi connectivity index (χ2v) is 8.20. The van der Waals surface area contributed by atoms with Gasteiger partial charge >= 0.3 is 12.1 Å². The number of carbonyl (C=O) groups is 4. The second-order valence-electron chi connectivity index (χ2n) is 8.20. The minimum absolute atomic E-state index is 0.0199. The van der Waals surface area contributed by atoms with Gasteiger partial charge in [0.05, 0.1) is 59.8 Å². The number of hydrogen-bond acceptors (Lipinski definition) is 10. The summed E-state index contributed by atoms with van der Waals surface area (Å²) in [5.74, 6) is 0.622. The van der Waals surface area contributed by atoms with E-state index in [1.165, 1.54) is 0 Å². The van der Waals surface area contributed by atoms with Crippen LogP contribution in [-0.4, -0.2) is 95.5 Å². The number of nitrogens with one attached hydrogen (secondary N) is 3. The van der Waals surface area contributed by atoms with Crippen LogP contribution in [0.4, 0.5) is 4.79 Å². The van der Waals surface area contributed by atoms with Crippen molar-refractivity contribution in [2.75, 3.05) is 60.0 Å². The van der Waals surface area contributed by atoms with E-state index in [1.54, 1.807) is 20.8 Å². The van der Waals surface area contributed by atoms with Gasteiger partial charge in [0.25, 0.3) is 0 Å². The standard InChI is InChI=1S/C23H39N3O10/c1-6-10-32-12-14-34-16-17-35-15-13-33-11-9-20(28)26-25-19(27)8-7-18(21(29)31-5)24-22(30)36-23(2,3)4/h1,18H,7-17H2,2-5H3,(H,24,30)(H,25,27)(H,26,28)/t18-/m0/s1. The second kappa shape index (κ2) is 20.3. The lowest BCUT2D eigenvalue weighted by atomic mass is 10.1. The molecule has 0 radical (unpaired) electrons. The first-order valence-electron chi connectivity index (χ1n) is 11.5. The van der Waals surface area contributed by atoms with Crippen LogP contribution in [0, 0.1) is 12.3 Å². The fourth-order valence-corrected chi connectivity index (χ4v) is 2.34. The number of amides is 3. The molecular formula is C23H39N3O10. The van der Waals surface area contributed by atoms with E-state index in [9.17, 15) is 19.2 Å². The van der Waals surface area contributed by atoms with Crippen molar-refractivity contribution in [3.05, 3.63) is 0 Å². The number of carbonyl (C=O) groups excluding carboxylic acids is 4. The van der Waals surface area contributed by atoms with Gasteiger partial charge in [-0.25, -0.2) is 9.59 Å². The lowest BCUT2D eigenvalue weighted by Gasteiger charge is -2.22. The molecule has 0 fully saturated rings. The van der Waals surface area contributed by atoms with Crippen LogP contribution >= 0.6 is 0 Å². The van der Waals surface area contributed by atoms with Crippen molar-refractivity contribution >= 4 is 23.9 Å². The smallest absolute Gasteiger partial charge is 0.408 e. The van der Waals surface area contributed by atoms with Gasteiger partial charge in [0.15, 0.2) is 0 Å². The maximum atomic E-state index is 12.0. The predicted molar refractivity (Wildman–Crippen MR) is 127 cm³/mol. The summed E-state index contributed by atoms with van der Waals surface area (Å²) < 4.78 is 30.7. The highest BCUT2D eigenvalue weighted by molar-refractivity contribution is 5.84. The van der Waals surface area contributed by atoms with Crippen molar-refractivity contribution in [3.8, 4) is 12.3 Å². The fraction of sp³-hybridized carbons (Fsp3) is 0.739. The Morgan fingerprint density at radius 3 is 1.81 bits per heavy atom. The van der Waals surface area contributed by atoms with Crippen molar-refractivity contribution < 1.29 is 47.6 Å². The van der Waals surface area contributed by atoms with Gasteiger partial charge < -0.3 is 33.7 Å². The van der Waals surface area contributed by atoms with Gasteiger partial charge in [-0.15, -0.1) is 6.42 Å². The molecule has 0 aliphatic heterocycles. The van der Waals surface area contributed by atoms with E-state index in [1.807, 2.05) is 0 Å². The van der Waals surface area contributed by atoms with Crippen molar-refractivity contribution in [1.82, 2.24) is 16.2 Å². The topological polar surface area (TPSA) is 160 Å². The summed E-state index contributed by atoms with van der Waals surface area (Å²) in [4.78, 5) is 47.5. The zero-order valence-electron chi connectivity index (χ0n) is 21.5. The molecule has 0 rings (SSSR count). The third-order valence-corrected chi connectivity index (χ3v) is 3.95. The number of rotatable bonds is 18. The average molecular weight is 518 g/mol. The molecule has 0 saturated carbocycles. The summed E-state index contributed by atoms with van der Waals surface area (Å²) in [5.41, 5.74) is 3.73. The first-order valence-corrected chi connectivity index (χ1v) is 11.5. The van der Waals surface area contributed by atoms with E-state index in [2.05, 4.69) is 26.8 Å². The molecule has 0 spiro atoms. The quantitative estimate of drug-likeness (QED) is 0.0982. The molecule has 0 aromatic rings. The SMILES string of the molecule is C#CCOCCOCCOCCOCCC(=O)NNC(=O)CC[C@H](NC(=O)OC(C)(C)C)C(=O)OC. The number of ether oxygens (including phenoxy) is 6. The van der Waals surface area contributed by atoms with E-state index >= 15 is 0 Å². The van der Waals surface area contributed by atoms with Gasteiger partial charge in [-0.2, -0.15) is 0 Å². The van der Waals surface area contributed by atoms with E-state index in [-0.39, 0.29) is 32.5 Å². The number of esters is 1. The highest BCUT2D eigenvalue weighted by Crippen LogP contribution is 2.08. The first kappa shape index (κ1) is 33.1. The number of methoxy groups -OCH3 is 1. The van der Waals surface area contributed by atoms with Gasteiger partial charge in [-0.1, -0.05) is 5.92 Å². The number of alkyl carbamates (subject to hydrolysis) is 1. The zero-order valence-corrected chi connectivity index (χ0v) is 21.5. The lowest BCUT2D eigenvalue weighted by molar-refractivity contribution is -0.143. The Bertz CT molecular complexity index is 703. The highest BCUT2D eigenvalue weighted by Gasteiger charge is 2.25. The maximum absolute atomic E-state index is 12.0. The van der Waals surface area contributed by atoms with Crippen LogP contribution in [0.2, 0.25) is 0 Å². The molecule has 0 aliphatic rings. The van der Waals surface area contributed by atoms with E-state index in [0.29, 0.717) is 39.6 Å². The zero-order chi connectivity index (χ0) is 27.2. The van der Waals surface area contributed by atoms with Crippen LogP contribution in [0.5, 0.6) is 0 Å². The third-order valence-electron chi connectivity index (χ3n) is 3.95. The van der Waals surface area contributed by atoms with Gasteiger partial charge in [-0.05, 0) is 27.2 Å². The van der Waals surface area contributed by atoms with E-state index in [4.69, 9.17) is 30.1 Å². The molecule has 0 bridgehead atoms. The Balaban J connectivity index is 3.88. The van der Waals surface area contributed by atoms with Gasteiger partial charge in [0.1, 0.15) is 18.2 Å². The molecule has 13 nitrogen and oxygen atoms in total. The molecule has 3 N–H and O–H groups in total. The minimum atomic E-state index is -1.08. The molecule has 13 heteroatoms. The normalized spacial score (nSPS) is 11.6. The van der Waals surface area contributed by atoms with Crippen molar-refractivity contribution in [2.45, 2.75) is 51.7 Å². The molecule has 1 atom stereocenters. The largest absolute Gasteiger partial charge is 0.467 e. The van der Waals surface area contributed by atoms with Crippen molar-refractivity contribution in [3.63, 3.8) is 0 Å². The molecule has 0 aliphatic carbocycles. The Morgan fingerprint density at radius 2 is 1.31 bits per heavy atom. The molecule has 0 aromatic heterocycles. The highest BCUT2D eigenvalue weighted by atomic mass is 16.6. The summed E-state index contributed by atoms with van der Waals surface area (Å²) in [6.07, 6.45) is 4.04. The minimum Gasteiger partial charge on any atom is -0.467 e. The summed E-state index contributed by atoms with van der Waals surface area (Å²) in [6.45, 7) is 7.73. The summed E-state index contributed by atoms with van der Waals surface area (Å²) in [6, 6.07) is -1.08. The Morgan fingerprint density at radius 1 is 0.806 bits per heavy atom. The number of hydrazine groups is 1. The molecular weight excluding hydrogens is 478 g/mol. The maximum Gasteiger partial charge on any atom is 0.408 e. The van der Waals surface area contributed by atoms with Gasteiger partial charge in [0, 0.05) is 6.42 Å². The molecule has 36 heavy (non-hydrogen) atoms. The number of terminal acetylenes is 1. The van der Waals surface area contributed by atoms with Crippen LogP contribution in [0.1, 0.15) is 40.0 Å². The molecule has 206 valence electrons. The Kier molecular flexibility index (Phi) is 18.6. The van der Waals surface area contributed by atoms with Gasteiger partial charge in [0.2, 0.25) is 11.8 Å².